The van der Waals surface area contributed by atoms with Gasteiger partial charge in [-0.1, -0.05) is 43.9 Å². The molecule has 3 atom stereocenters. The molecule has 3 heterocycles. The van der Waals surface area contributed by atoms with Crippen molar-refractivity contribution in [3.05, 3.63) is 54.1 Å². The van der Waals surface area contributed by atoms with Crippen LogP contribution in [-0.4, -0.2) is 51.7 Å². The van der Waals surface area contributed by atoms with Crippen LogP contribution in [0.3, 0.4) is 0 Å². The number of fused-ring (bicyclic) bond motifs is 3. The first kappa shape index (κ1) is 25.4. The van der Waals surface area contributed by atoms with E-state index in [4.69, 9.17) is 0 Å². The van der Waals surface area contributed by atoms with E-state index < -0.39 is 20.0 Å². The highest BCUT2D eigenvalue weighted by Gasteiger charge is 2.40. The Morgan fingerprint density at radius 3 is 2.45 bits per heavy atom. The zero-order valence-corrected chi connectivity index (χ0v) is 23.1. The van der Waals surface area contributed by atoms with Crippen LogP contribution in [0.5, 0.6) is 0 Å². The maximum atomic E-state index is 13.4. The van der Waals surface area contributed by atoms with Gasteiger partial charge in [0.1, 0.15) is 5.82 Å². The number of rotatable bonds is 7. The summed E-state index contributed by atoms with van der Waals surface area (Å²) in [4.78, 5) is 4.62. The summed E-state index contributed by atoms with van der Waals surface area (Å²) < 4.78 is 58.9. The monoisotopic (exact) mass is 556 g/mol. The van der Waals surface area contributed by atoms with Gasteiger partial charge < -0.3 is 0 Å². The van der Waals surface area contributed by atoms with Crippen molar-refractivity contribution in [1.29, 1.82) is 0 Å². The standard InChI is InChI=1S/C26H32N6O4S2/c1-3-18-14-19(30-37(33,34)20-6-4-5-7-20)15-22(18)25-29-28-24-16-27-26-23(32(24)25)12-13-31(26)38(35,36)21-10-8-17(2)9-11-21/h8-13,16,18-20,22,30H,3-7,14-15H2,1-2H3/t18-,19+,22+/m1/s1. The first-order valence-corrected chi connectivity index (χ1v) is 16.2. The Morgan fingerprint density at radius 1 is 1.00 bits per heavy atom. The summed E-state index contributed by atoms with van der Waals surface area (Å²) in [5.74, 6) is 0.918. The van der Waals surface area contributed by atoms with Gasteiger partial charge in [-0.15, -0.1) is 10.2 Å². The lowest BCUT2D eigenvalue weighted by Gasteiger charge is -2.17. The van der Waals surface area contributed by atoms with Crippen molar-refractivity contribution >= 4 is 36.9 Å². The van der Waals surface area contributed by atoms with Gasteiger partial charge in [0.2, 0.25) is 10.0 Å². The lowest BCUT2D eigenvalue weighted by atomic mass is 9.93. The summed E-state index contributed by atoms with van der Waals surface area (Å²) >= 11 is 0. The zero-order valence-electron chi connectivity index (χ0n) is 21.5. The average molecular weight is 557 g/mol. The molecule has 2 aliphatic rings. The van der Waals surface area contributed by atoms with Crippen molar-refractivity contribution in [2.75, 3.05) is 0 Å². The Kier molecular flexibility index (Phi) is 6.31. The molecule has 2 saturated carbocycles. The van der Waals surface area contributed by atoms with Gasteiger partial charge in [-0.2, -0.15) is 0 Å². The number of benzene rings is 1. The lowest BCUT2D eigenvalue weighted by Crippen LogP contribution is -2.39. The highest BCUT2D eigenvalue weighted by molar-refractivity contribution is 7.90. The normalized spacial score (nSPS) is 23.2. The molecule has 0 radical (unpaired) electrons. The van der Waals surface area contributed by atoms with E-state index in [0.29, 0.717) is 29.1 Å². The molecule has 3 aromatic heterocycles. The van der Waals surface area contributed by atoms with E-state index in [1.165, 1.54) is 16.4 Å². The van der Waals surface area contributed by atoms with Gasteiger partial charge in [0.15, 0.2) is 11.3 Å². The first-order valence-electron chi connectivity index (χ1n) is 13.2. The molecular formula is C26H32N6O4S2. The zero-order chi connectivity index (χ0) is 26.7. The fourth-order valence-electron chi connectivity index (χ4n) is 6.23. The molecule has 0 unspecified atom stereocenters. The third-order valence-electron chi connectivity index (χ3n) is 8.26. The second-order valence-corrected chi connectivity index (χ2v) is 14.5. The molecule has 0 saturated heterocycles. The molecule has 202 valence electrons. The summed E-state index contributed by atoms with van der Waals surface area (Å²) in [6, 6.07) is 8.29. The van der Waals surface area contributed by atoms with Gasteiger partial charge in [0.25, 0.3) is 10.0 Å². The number of nitrogens with one attached hydrogen (secondary N) is 1. The summed E-state index contributed by atoms with van der Waals surface area (Å²) in [5.41, 5.74) is 2.40. The predicted molar refractivity (Wildman–Crippen MR) is 144 cm³/mol. The molecule has 0 aliphatic heterocycles. The maximum Gasteiger partial charge on any atom is 0.269 e. The molecule has 6 rings (SSSR count). The van der Waals surface area contributed by atoms with Gasteiger partial charge in [0, 0.05) is 18.2 Å². The van der Waals surface area contributed by atoms with E-state index >= 15 is 0 Å². The van der Waals surface area contributed by atoms with Gasteiger partial charge in [-0.25, -0.2) is 30.5 Å². The summed E-state index contributed by atoms with van der Waals surface area (Å²) in [6.45, 7) is 4.01. The Morgan fingerprint density at radius 2 is 1.74 bits per heavy atom. The van der Waals surface area contributed by atoms with Crippen LogP contribution in [0.2, 0.25) is 0 Å². The minimum absolute atomic E-state index is 0.0195. The SMILES string of the molecule is CC[C@@H]1C[C@H](NS(=O)(=O)C2CCCC2)C[C@@H]1c1nnc2cnc3c(ccn3S(=O)(=O)c3ccc(C)cc3)n12. The number of hydrogen-bond acceptors (Lipinski definition) is 7. The number of aryl methyl sites for hydroxylation is 1. The molecule has 4 aromatic rings. The molecule has 10 nitrogen and oxygen atoms in total. The van der Waals surface area contributed by atoms with Gasteiger partial charge in [-0.05, 0) is 56.7 Å². The van der Waals surface area contributed by atoms with Gasteiger partial charge in [-0.3, -0.25) is 4.40 Å². The van der Waals surface area contributed by atoms with Crippen LogP contribution in [0.1, 0.15) is 69.2 Å². The molecule has 0 bridgehead atoms. The fraction of sp³-hybridized carbons (Fsp3) is 0.500. The summed E-state index contributed by atoms with van der Waals surface area (Å²) in [6.07, 6.45) is 8.67. The largest absolute Gasteiger partial charge is 0.274 e. The van der Waals surface area contributed by atoms with Crippen molar-refractivity contribution < 1.29 is 16.8 Å². The average Bonchev–Trinajstić information content (AvgIpc) is 3.68. The number of aromatic nitrogens is 5. The third-order valence-corrected chi connectivity index (χ3v) is 12.0. The van der Waals surface area contributed by atoms with Crippen molar-refractivity contribution in [3.63, 3.8) is 0 Å². The van der Waals surface area contributed by atoms with Crippen LogP contribution in [0, 0.1) is 12.8 Å². The lowest BCUT2D eigenvalue weighted by molar-refractivity contribution is 0.449. The fourth-order valence-corrected chi connectivity index (χ4v) is 9.33. The van der Waals surface area contributed by atoms with Crippen molar-refractivity contribution in [1.82, 2.24) is 28.3 Å². The molecule has 2 fully saturated rings. The number of hydrogen-bond donors (Lipinski definition) is 1. The molecule has 38 heavy (non-hydrogen) atoms. The Balaban J connectivity index is 1.37. The quantitative estimate of drug-likeness (QED) is 0.367. The Hall–Kier alpha value is -2.83. The van der Waals surface area contributed by atoms with Crippen LogP contribution in [-0.2, 0) is 20.0 Å². The van der Waals surface area contributed by atoms with E-state index in [0.717, 1.165) is 44.1 Å². The third kappa shape index (κ3) is 4.22. The van der Waals surface area contributed by atoms with Crippen molar-refractivity contribution in [2.24, 2.45) is 5.92 Å². The maximum absolute atomic E-state index is 13.4. The topological polar surface area (TPSA) is 128 Å². The highest BCUT2D eigenvalue weighted by atomic mass is 32.2. The van der Waals surface area contributed by atoms with Crippen LogP contribution in [0.15, 0.2) is 47.6 Å². The molecule has 1 aromatic carbocycles. The molecule has 1 N–H and O–H groups in total. The Labute approximate surface area is 222 Å². The van der Waals surface area contributed by atoms with Crippen molar-refractivity contribution in [3.8, 4) is 0 Å². The van der Waals surface area contributed by atoms with Crippen molar-refractivity contribution in [2.45, 2.75) is 80.9 Å². The molecule has 2 aliphatic carbocycles. The van der Waals surface area contributed by atoms with Crippen LogP contribution >= 0.6 is 0 Å². The first-order chi connectivity index (χ1) is 18.2. The van der Waals surface area contributed by atoms with E-state index in [2.05, 4.69) is 26.8 Å². The predicted octanol–water partition coefficient (Wildman–Crippen LogP) is 3.76. The van der Waals surface area contributed by atoms with E-state index in [1.54, 1.807) is 30.3 Å². The highest BCUT2D eigenvalue weighted by Crippen LogP contribution is 2.42. The molecule has 0 spiro atoms. The van der Waals surface area contributed by atoms with E-state index in [-0.39, 0.29) is 28.0 Å². The second kappa shape index (κ2) is 9.42. The Bertz CT molecular complexity index is 1700. The minimum atomic E-state index is -3.85. The van der Waals surface area contributed by atoms with Crippen LogP contribution in [0.25, 0.3) is 16.8 Å². The molecule has 0 amide bonds. The molecule has 12 heteroatoms. The van der Waals surface area contributed by atoms with Crippen LogP contribution in [0.4, 0.5) is 0 Å². The number of nitrogens with zero attached hydrogens (tertiary/aromatic N) is 5. The smallest absolute Gasteiger partial charge is 0.269 e. The molecular weight excluding hydrogens is 524 g/mol. The van der Waals surface area contributed by atoms with E-state index in [9.17, 15) is 16.8 Å². The second-order valence-electron chi connectivity index (χ2n) is 10.7. The number of sulfonamides is 1. The van der Waals surface area contributed by atoms with Crippen LogP contribution < -0.4 is 4.72 Å². The van der Waals surface area contributed by atoms with E-state index in [1.807, 2.05) is 11.3 Å². The summed E-state index contributed by atoms with van der Waals surface area (Å²) in [5, 5.41) is 8.55. The minimum Gasteiger partial charge on any atom is -0.274 e. The summed E-state index contributed by atoms with van der Waals surface area (Å²) in [7, 11) is -7.21. The van der Waals surface area contributed by atoms with Gasteiger partial charge in [0.05, 0.1) is 21.9 Å². The van der Waals surface area contributed by atoms with Gasteiger partial charge >= 0.3 is 0 Å².